The fraction of sp³-hybridized carbons (Fsp3) is 0.0938. The molecule has 0 heterocycles. The number of aliphatic carboxylic acids is 1. The van der Waals surface area contributed by atoms with Crippen LogP contribution in [0.15, 0.2) is 121 Å². The number of nitrogens with zero attached hydrogens (tertiary/aromatic N) is 1. The van der Waals surface area contributed by atoms with Gasteiger partial charge >= 0.3 is 5.97 Å². The minimum atomic E-state index is -0.863. The molecule has 186 valence electrons. The number of carboxylic acid groups (broad SMARTS) is 1. The van der Waals surface area contributed by atoms with Gasteiger partial charge in [-0.2, -0.15) is 0 Å². The molecular weight excluding hydrogens is 462 g/mol. The lowest BCUT2D eigenvalue weighted by atomic mass is 10.2. The van der Waals surface area contributed by atoms with Crippen molar-refractivity contribution in [1.82, 2.24) is 4.90 Å². The van der Waals surface area contributed by atoms with Crippen LogP contribution in [0, 0.1) is 0 Å². The van der Waals surface area contributed by atoms with Crippen LogP contribution in [0.25, 0.3) is 12.2 Å². The summed E-state index contributed by atoms with van der Waals surface area (Å²) in [5, 5.41) is 9.35. The second kappa shape index (κ2) is 13.5. The Morgan fingerprint density at radius 2 is 1.05 bits per heavy atom. The van der Waals surface area contributed by atoms with Crippen LogP contribution >= 0.6 is 0 Å². The predicted octanol–water partition coefficient (Wildman–Crippen LogP) is 7.38. The minimum Gasteiger partial charge on any atom is -0.480 e. The number of hydrogen-bond donors (Lipinski definition) is 1. The fourth-order valence-electron chi connectivity index (χ4n) is 3.68. The highest BCUT2D eigenvalue weighted by Gasteiger charge is 2.06. The van der Waals surface area contributed by atoms with Gasteiger partial charge in [-0.1, -0.05) is 85.0 Å². The van der Waals surface area contributed by atoms with E-state index < -0.39 is 5.97 Å². The second-order valence-electron chi connectivity index (χ2n) is 8.37. The Labute approximate surface area is 217 Å². The molecule has 37 heavy (non-hydrogen) atoms. The predicted molar refractivity (Wildman–Crippen MR) is 148 cm³/mol. The maximum Gasteiger partial charge on any atom is 0.317 e. The number of carbonyl (C=O) groups is 1. The van der Waals surface area contributed by atoms with Crippen molar-refractivity contribution in [3.63, 3.8) is 0 Å². The van der Waals surface area contributed by atoms with E-state index in [-0.39, 0.29) is 6.54 Å². The first-order valence-electron chi connectivity index (χ1n) is 12.1. The SMILES string of the molecule is O=C(O)CN(C/C=C/c1cccc(Oc2ccccc2)c1)C/C=C/c1cccc(Oc2ccccc2)c1. The first-order valence-corrected chi connectivity index (χ1v) is 12.1. The van der Waals surface area contributed by atoms with Gasteiger partial charge in [0.1, 0.15) is 23.0 Å². The van der Waals surface area contributed by atoms with Crippen LogP contribution in [0.1, 0.15) is 11.1 Å². The quantitative estimate of drug-likeness (QED) is 0.224. The third-order valence-electron chi connectivity index (χ3n) is 5.38. The van der Waals surface area contributed by atoms with E-state index >= 15 is 0 Å². The van der Waals surface area contributed by atoms with E-state index in [0.29, 0.717) is 13.1 Å². The summed E-state index contributed by atoms with van der Waals surface area (Å²) in [5.74, 6) is 2.19. The molecule has 4 rings (SSSR count). The number of benzene rings is 4. The van der Waals surface area contributed by atoms with Gasteiger partial charge in [0.15, 0.2) is 0 Å². The molecule has 0 atom stereocenters. The number of ether oxygens (including phenoxy) is 2. The van der Waals surface area contributed by atoms with E-state index in [0.717, 1.165) is 34.1 Å². The van der Waals surface area contributed by atoms with Gasteiger partial charge in [0.2, 0.25) is 0 Å². The standard InChI is InChI=1S/C32H29NO4/c34-32(35)25-33(21-9-13-26-11-7-19-30(23-26)36-28-15-3-1-4-16-28)22-10-14-27-12-8-20-31(24-27)37-29-17-5-2-6-18-29/h1-20,23-24H,21-22,25H2,(H,34,35)/b13-9+,14-10+. The van der Waals surface area contributed by atoms with Crippen LogP contribution in [0.5, 0.6) is 23.0 Å². The summed E-state index contributed by atoms with van der Waals surface area (Å²) in [7, 11) is 0. The molecule has 0 amide bonds. The Morgan fingerprint density at radius 1 is 0.622 bits per heavy atom. The van der Waals surface area contributed by atoms with Crippen LogP contribution in [-0.2, 0) is 4.79 Å². The lowest BCUT2D eigenvalue weighted by Gasteiger charge is -2.16. The Bertz CT molecular complexity index is 1240. The zero-order valence-corrected chi connectivity index (χ0v) is 20.4. The first-order chi connectivity index (χ1) is 18.1. The molecule has 0 aliphatic heterocycles. The molecule has 0 radical (unpaired) electrons. The highest BCUT2D eigenvalue weighted by Crippen LogP contribution is 2.23. The summed E-state index contributed by atoms with van der Waals surface area (Å²) in [6.07, 6.45) is 7.88. The summed E-state index contributed by atoms with van der Waals surface area (Å²) in [6.45, 7) is 0.943. The lowest BCUT2D eigenvalue weighted by Crippen LogP contribution is -2.30. The zero-order chi connectivity index (χ0) is 25.7. The van der Waals surface area contributed by atoms with Gasteiger partial charge in [-0.25, -0.2) is 0 Å². The molecule has 0 saturated carbocycles. The Balaban J connectivity index is 1.34. The average molecular weight is 492 g/mol. The van der Waals surface area contributed by atoms with E-state index in [4.69, 9.17) is 9.47 Å². The summed E-state index contributed by atoms with van der Waals surface area (Å²) in [6, 6.07) is 34.8. The van der Waals surface area contributed by atoms with E-state index in [2.05, 4.69) is 0 Å². The van der Waals surface area contributed by atoms with Crippen molar-refractivity contribution in [2.24, 2.45) is 0 Å². The molecule has 0 aliphatic carbocycles. The second-order valence-corrected chi connectivity index (χ2v) is 8.37. The van der Waals surface area contributed by atoms with Crippen molar-refractivity contribution in [1.29, 1.82) is 0 Å². The minimum absolute atomic E-state index is 0.0526. The monoisotopic (exact) mass is 491 g/mol. The normalized spacial score (nSPS) is 11.3. The number of rotatable bonds is 12. The molecule has 4 aromatic rings. The molecule has 0 aromatic heterocycles. The van der Waals surface area contributed by atoms with Crippen molar-refractivity contribution in [3.05, 3.63) is 132 Å². The smallest absolute Gasteiger partial charge is 0.317 e. The van der Waals surface area contributed by atoms with Crippen LogP contribution in [0.3, 0.4) is 0 Å². The Hall–Kier alpha value is -4.61. The maximum absolute atomic E-state index is 11.4. The molecule has 0 spiro atoms. The van der Waals surface area contributed by atoms with E-state index in [1.165, 1.54) is 0 Å². The Kier molecular flexibility index (Phi) is 9.28. The maximum atomic E-state index is 11.4. The summed E-state index contributed by atoms with van der Waals surface area (Å²) >= 11 is 0. The van der Waals surface area contributed by atoms with Crippen LogP contribution < -0.4 is 9.47 Å². The summed E-state index contributed by atoms with van der Waals surface area (Å²) in [5.41, 5.74) is 1.96. The van der Waals surface area contributed by atoms with Gasteiger partial charge in [-0.05, 0) is 59.7 Å². The average Bonchev–Trinajstić information content (AvgIpc) is 2.90. The first kappa shape index (κ1) is 25.5. The zero-order valence-electron chi connectivity index (χ0n) is 20.4. The van der Waals surface area contributed by atoms with Gasteiger partial charge < -0.3 is 14.6 Å². The van der Waals surface area contributed by atoms with Crippen molar-refractivity contribution in [2.45, 2.75) is 0 Å². The number of para-hydroxylation sites is 2. The van der Waals surface area contributed by atoms with Gasteiger partial charge in [-0.3, -0.25) is 9.69 Å². The molecule has 1 N–H and O–H groups in total. The van der Waals surface area contributed by atoms with E-state index in [9.17, 15) is 9.90 Å². The Morgan fingerprint density at radius 3 is 1.49 bits per heavy atom. The number of carboxylic acids is 1. The highest BCUT2D eigenvalue weighted by atomic mass is 16.5. The third kappa shape index (κ3) is 8.84. The molecule has 5 nitrogen and oxygen atoms in total. The topological polar surface area (TPSA) is 59.0 Å². The van der Waals surface area contributed by atoms with Crippen LogP contribution in [0.2, 0.25) is 0 Å². The summed E-state index contributed by atoms with van der Waals surface area (Å²) in [4.78, 5) is 13.2. The fourth-order valence-corrected chi connectivity index (χ4v) is 3.68. The third-order valence-corrected chi connectivity index (χ3v) is 5.38. The molecule has 4 aromatic carbocycles. The molecule has 0 bridgehead atoms. The van der Waals surface area contributed by atoms with Gasteiger partial charge in [-0.15, -0.1) is 0 Å². The molecule has 0 aliphatic rings. The van der Waals surface area contributed by atoms with Gasteiger partial charge in [0.05, 0.1) is 6.54 Å². The lowest BCUT2D eigenvalue weighted by molar-refractivity contribution is -0.138. The van der Waals surface area contributed by atoms with E-state index in [1.807, 2.05) is 138 Å². The summed E-state index contributed by atoms with van der Waals surface area (Å²) < 4.78 is 11.8. The van der Waals surface area contributed by atoms with Crippen LogP contribution in [-0.4, -0.2) is 35.6 Å². The molecule has 5 heteroatoms. The van der Waals surface area contributed by atoms with Crippen molar-refractivity contribution >= 4 is 18.1 Å². The number of hydrogen-bond acceptors (Lipinski definition) is 4. The van der Waals surface area contributed by atoms with Gasteiger partial charge in [0, 0.05) is 13.1 Å². The largest absolute Gasteiger partial charge is 0.480 e. The van der Waals surface area contributed by atoms with Crippen LogP contribution in [0.4, 0.5) is 0 Å². The van der Waals surface area contributed by atoms with Crippen molar-refractivity contribution < 1.29 is 19.4 Å². The molecular formula is C32H29NO4. The van der Waals surface area contributed by atoms with Crippen molar-refractivity contribution in [2.75, 3.05) is 19.6 Å². The molecule has 0 unspecified atom stereocenters. The highest BCUT2D eigenvalue weighted by molar-refractivity contribution is 5.69. The van der Waals surface area contributed by atoms with Gasteiger partial charge in [0.25, 0.3) is 0 Å². The van der Waals surface area contributed by atoms with E-state index in [1.54, 1.807) is 0 Å². The molecule has 0 saturated heterocycles. The molecule has 0 fully saturated rings. The van der Waals surface area contributed by atoms with Crippen molar-refractivity contribution in [3.8, 4) is 23.0 Å².